The molecule has 1 heterocycles. The number of nitrogens with one attached hydrogen (secondary N) is 1. The molecule has 1 saturated carbocycles. The summed E-state index contributed by atoms with van der Waals surface area (Å²) < 4.78 is 5.92. The van der Waals surface area contributed by atoms with Gasteiger partial charge in [0, 0.05) is 10.4 Å². The van der Waals surface area contributed by atoms with Crippen LogP contribution in [0.25, 0.3) is 11.0 Å². The average molecular weight is 264 g/mol. The summed E-state index contributed by atoms with van der Waals surface area (Å²) in [5, 5.41) is 5.21. The average Bonchev–Trinajstić information content (AvgIpc) is 2.70. The highest BCUT2D eigenvalue weighted by atomic mass is 35.5. The van der Waals surface area contributed by atoms with Crippen LogP contribution in [-0.2, 0) is 0 Å². The summed E-state index contributed by atoms with van der Waals surface area (Å²) in [5.74, 6) is 1.89. The Labute approximate surface area is 112 Å². The summed E-state index contributed by atoms with van der Waals surface area (Å²) in [5.41, 5.74) is 0.920. The molecule has 2 nitrogen and oxygen atoms in total. The van der Waals surface area contributed by atoms with Crippen LogP contribution in [0.15, 0.2) is 28.7 Å². The van der Waals surface area contributed by atoms with Crippen LogP contribution in [-0.4, -0.2) is 7.05 Å². The molecule has 2 aromatic rings. The molecule has 1 aliphatic rings. The van der Waals surface area contributed by atoms with Crippen molar-refractivity contribution < 1.29 is 4.42 Å². The van der Waals surface area contributed by atoms with Gasteiger partial charge in [0.05, 0.1) is 6.04 Å². The van der Waals surface area contributed by atoms with Crippen molar-refractivity contribution in [1.82, 2.24) is 5.32 Å². The minimum Gasteiger partial charge on any atom is -0.459 e. The Hall–Kier alpha value is -0.990. The maximum atomic E-state index is 6.00. The molecule has 3 heteroatoms. The zero-order chi connectivity index (χ0) is 12.5. The molecular formula is C15H18ClNO. The van der Waals surface area contributed by atoms with Crippen LogP contribution in [0, 0.1) is 5.92 Å². The fourth-order valence-corrected chi connectivity index (χ4v) is 2.83. The second-order valence-electron chi connectivity index (χ2n) is 5.20. The minimum absolute atomic E-state index is 0.321. The van der Waals surface area contributed by atoms with Gasteiger partial charge in [-0.3, -0.25) is 0 Å². The van der Waals surface area contributed by atoms with Crippen LogP contribution in [0.2, 0.25) is 5.02 Å². The Morgan fingerprint density at radius 2 is 2.22 bits per heavy atom. The van der Waals surface area contributed by atoms with Gasteiger partial charge in [0.2, 0.25) is 0 Å². The predicted octanol–water partition coefficient (Wildman–Crippen LogP) is 4.54. The topological polar surface area (TPSA) is 25.2 Å². The lowest BCUT2D eigenvalue weighted by atomic mass is 9.80. The highest BCUT2D eigenvalue weighted by Gasteiger charge is 2.24. The number of halogens is 1. The Morgan fingerprint density at radius 3 is 2.89 bits per heavy atom. The normalized spacial score (nSPS) is 17.9. The molecular weight excluding hydrogens is 246 g/mol. The number of hydrogen-bond donors (Lipinski definition) is 1. The van der Waals surface area contributed by atoms with E-state index >= 15 is 0 Å². The summed E-state index contributed by atoms with van der Waals surface area (Å²) >= 11 is 6.00. The standard InChI is InChI=1S/C15H18ClNO/c1-17-13(7-10-3-2-4-10)15-9-11-8-12(16)5-6-14(11)18-15/h5-6,8-10,13,17H,2-4,7H2,1H3. The SMILES string of the molecule is CNC(CC1CCC1)c1cc2cc(Cl)ccc2o1. The molecule has 1 unspecified atom stereocenters. The molecule has 1 fully saturated rings. The van der Waals surface area contributed by atoms with E-state index in [0.29, 0.717) is 6.04 Å². The number of furan rings is 1. The van der Waals surface area contributed by atoms with E-state index in [2.05, 4.69) is 11.4 Å². The summed E-state index contributed by atoms with van der Waals surface area (Å²) in [7, 11) is 2.00. The highest BCUT2D eigenvalue weighted by molar-refractivity contribution is 6.31. The van der Waals surface area contributed by atoms with Gasteiger partial charge in [-0.05, 0) is 43.7 Å². The van der Waals surface area contributed by atoms with E-state index in [1.54, 1.807) is 0 Å². The molecule has 0 spiro atoms. The first-order valence-corrected chi connectivity index (χ1v) is 7.00. The number of hydrogen-bond acceptors (Lipinski definition) is 2. The molecule has 1 N–H and O–H groups in total. The third-order valence-electron chi connectivity index (χ3n) is 3.98. The van der Waals surface area contributed by atoms with Crippen LogP contribution in [0.1, 0.15) is 37.5 Å². The lowest BCUT2D eigenvalue weighted by molar-refractivity contribution is 0.253. The van der Waals surface area contributed by atoms with Gasteiger partial charge in [-0.2, -0.15) is 0 Å². The monoisotopic (exact) mass is 263 g/mol. The van der Waals surface area contributed by atoms with Crippen molar-refractivity contribution >= 4 is 22.6 Å². The first-order valence-electron chi connectivity index (χ1n) is 6.62. The molecule has 1 aromatic heterocycles. The van der Waals surface area contributed by atoms with Crippen molar-refractivity contribution in [3.8, 4) is 0 Å². The highest BCUT2D eigenvalue weighted by Crippen LogP contribution is 2.36. The molecule has 0 amide bonds. The smallest absolute Gasteiger partial charge is 0.134 e. The van der Waals surface area contributed by atoms with E-state index in [4.69, 9.17) is 16.0 Å². The molecule has 0 aliphatic heterocycles. The second kappa shape index (κ2) is 4.94. The van der Waals surface area contributed by atoms with Gasteiger partial charge in [0.15, 0.2) is 0 Å². The van der Waals surface area contributed by atoms with Crippen LogP contribution in [0.4, 0.5) is 0 Å². The Bertz CT molecular complexity index is 544. The molecule has 1 atom stereocenters. The number of rotatable bonds is 4. The van der Waals surface area contributed by atoms with Crippen molar-refractivity contribution in [3.05, 3.63) is 35.0 Å². The van der Waals surface area contributed by atoms with Crippen LogP contribution in [0.3, 0.4) is 0 Å². The lowest BCUT2D eigenvalue weighted by Crippen LogP contribution is -2.22. The van der Waals surface area contributed by atoms with Gasteiger partial charge < -0.3 is 9.73 Å². The third-order valence-corrected chi connectivity index (χ3v) is 4.22. The zero-order valence-corrected chi connectivity index (χ0v) is 11.3. The first kappa shape index (κ1) is 12.1. The van der Waals surface area contributed by atoms with E-state index in [1.165, 1.54) is 25.7 Å². The summed E-state index contributed by atoms with van der Waals surface area (Å²) in [6.07, 6.45) is 5.29. The molecule has 3 rings (SSSR count). The maximum Gasteiger partial charge on any atom is 0.134 e. The molecule has 96 valence electrons. The molecule has 1 aliphatic carbocycles. The lowest BCUT2D eigenvalue weighted by Gasteiger charge is -2.28. The number of benzene rings is 1. The maximum absolute atomic E-state index is 6.00. The van der Waals surface area contributed by atoms with Gasteiger partial charge in [0.1, 0.15) is 11.3 Å². The van der Waals surface area contributed by atoms with E-state index in [1.807, 2.05) is 25.2 Å². The summed E-state index contributed by atoms with van der Waals surface area (Å²) in [6.45, 7) is 0. The predicted molar refractivity (Wildman–Crippen MR) is 75.0 cm³/mol. The van der Waals surface area contributed by atoms with Crippen LogP contribution < -0.4 is 5.32 Å². The molecule has 0 saturated heterocycles. The largest absolute Gasteiger partial charge is 0.459 e. The van der Waals surface area contributed by atoms with Gasteiger partial charge >= 0.3 is 0 Å². The van der Waals surface area contributed by atoms with Crippen LogP contribution >= 0.6 is 11.6 Å². The fraction of sp³-hybridized carbons (Fsp3) is 0.467. The molecule has 1 aromatic carbocycles. The van der Waals surface area contributed by atoms with E-state index in [-0.39, 0.29) is 0 Å². The third kappa shape index (κ3) is 2.27. The Morgan fingerprint density at radius 1 is 1.39 bits per heavy atom. The van der Waals surface area contributed by atoms with E-state index < -0.39 is 0 Å². The van der Waals surface area contributed by atoms with Gasteiger partial charge in [-0.15, -0.1) is 0 Å². The Balaban J connectivity index is 1.86. The van der Waals surface area contributed by atoms with Gasteiger partial charge in [-0.25, -0.2) is 0 Å². The molecule has 0 bridgehead atoms. The van der Waals surface area contributed by atoms with Crippen molar-refractivity contribution in [2.45, 2.75) is 31.7 Å². The zero-order valence-electron chi connectivity index (χ0n) is 10.6. The van der Waals surface area contributed by atoms with Crippen molar-refractivity contribution in [2.24, 2.45) is 5.92 Å². The van der Waals surface area contributed by atoms with Crippen molar-refractivity contribution in [1.29, 1.82) is 0 Å². The van der Waals surface area contributed by atoms with Crippen molar-refractivity contribution in [2.75, 3.05) is 7.05 Å². The molecule has 0 radical (unpaired) electrons. The van der Waals surface area contributed by atoms with E-state index in [9.17, 15) is 0 Å². The fourth-order valence-electron chi connectivity index (χ4n) is 2.64. The summed E-state index contributed by atoms with van der Waals surface area (Å²) in [4.78, 5) is 0. The minimum atomic E-state index is 0.321. The van der Waals surface area contributed by atoms with E-state index in [0.717, 1.165) is 27.7 Å². The number of fused-ring (bicyclic) bond motifs is 1. The second-order valence-corrected chi connectivity index (χ2v) is 5.64. The Kier molecular flexibility index (Phi) is 3.31. The van der Waals surface area contributed by atoms with Crippen LogP contribution in [0.5, 0.6) is 0 Å². The first-order chi connectivity index (χ1) is 8.76. The quantitative estimate of drug-likeness (QED) is 0.876. The van der Waals surface area contributed by atoms with Crippen molar-refractivity contribution in [3.63, 3.8) is 0 Å². The van der Waals surface area contributed by atoms with Gasteiger partial charge in [0.25, 0.3) is 0 Å². The summed E-state index contributed by atoms with van der Waals surface area (Å²) in [6, 6.07) is 8.21. The molecule has 18 heavy (non-hydrogen) atoms. The van der Waals surface area contributed by atoms with Gasteiger partial charge in [-0.1, -0.05) is 30.9 Å².